The number of anilines is 1. The molecule has 3 rings (SSSR count). The number of aryl methyl sites for hydroxylation is 1. The number of benzene rings is 1. The average Bonchev–Trinajstić information content (AvgIpc) is 3.14. The third kappa shape index (κ3) is 6.92. The summed E-state index contributed by atoms with van der Waals surface area (Å²) in [4.78, 5) is 19.9. The average molecular weight is 484 g/mol. The standard InChI is InChI=1S/C22H30ClN3O3S2/c1-3-31(28,29)25-21(27)20-16(2)30-22(24-20)26(14-13-17-7-5-4-6-8-17)15-18-9-11-19(23)12-10-18/h9-12,17H,3-8,13-15H2,1-2H3,(H,25,27). The molecule has 2 aromatic rings. The Bertz CT molecular complexity index is 984. The smallest absolute Gasteiger partial charge is 0.284 e. The van der Waals surface area contributed by atoms with Crippen LogP contribution >= 0.6 is 22.9 Å². The fourth-order valence-corrected chi connectivity index (χ4v) is 5.44. The summed E-state index contributed by atoms with van der Waals surface area (Å²) in [5.74, 6) is -0.0978. The van der Waals surface area contributed by atoms with Gasteiger partial charge < -0.3 is 4.90 Å². The monoisotopic (exact) mass is 483 g/mol. The lowest BCUT2D eigenvalue weighted by molar-refractivity contribution is 0.0977. The first-order valence-electron chi connectivity index (χ1n) is 10.8. The zero-order valence-corrected chi connectivity index (χ0v) is 20.5. The number of carbonyl (C=O) groups excluding carboxylic acids is 1. The highest BCUT2D eigenvalue weighted by molar-refractivity contribution is 7.90. The van der Waals surface area contributed by atoms with Crippen LogP contribution in [0, 0.1) is 12.8 Å². The Hall–Kier alpha value is -1.64. The van der Waals surface area contributed by atoms with Crippen LogP contribution in [0.25, 0.3) is 0 Å². The molecule has 170 valence electrons. The van der Waals surface area contributed by atoms with Crippen LogP contribution < -0.4 is 9.62 Å². The quantitative estimate of drug-likeness (QED) is 0.532. The number of aromatic nitrogens is 1. The summed E-state index contributed by atoms with van der Waals surface area (Å²) >= 11 is 7.46. The highest BCUT2D eigenvalue weighted by Crippen LogP contribution is 2.31. The number of hydrogen-bond acceptors (Lipinski definition) is 6. The van der Waals surface area contributed by atoms with Gasteiger partial charge in [0.05, 0.1) is 5.75 Å². The Labute approximate surface area is 194 Å². The van der Waals surface area contributed by atoms with Crippen molar-refractivity contribution in [1.29, 1.82) is 0 Å². The molecule has 0 aliphatic heterocycles. The molecule has 0 unspecified atom stereocenters. The Balaban J connectivity index is 1.80. The maximum atomic E-state index is 12.5. The van der Waals surface area contributed by atoms with Gasteiger partial charge in [-0.25, -0.2) is 18.1 Å². The molecule has 1 aromatic heterocycles. The van der Waals surface area contributed by atoms with Crippen LogP contribution in [0.15, 0.2) is 24.3 Å². The highest BCUT2D eigenvalue weighted by Gasteiger charge is 2.23. The molecule has 1 aromatic carbocycles. The molecule has 31 heavy (non-hydrogen) atoms. The second-order valence-electron chi connectivity index (χ2n) is 8.08. The molecule has 0 saturated heterocycles. The van der Waals surface area contributed by atoms with Crippen molar-refractivity contribution in [1.82, 2.24) is 9.71 Å². The van der Waals surface area contributed by atoms with E-state index in [0.717, 1.165) is 29.6 Å². The summed E-state index contributed by atoms with van der Waals surface area (Å²) in [7, 11) is -3.63. The largest absolute Gasteiger partial charge is 0.344 e. The summed E-state index contributed by atoms with van der Waals surface area (Å²) in [6.07, 6.45) is 7.55. The van der Waals surface area contributed by atoms with Crippen LogP contribution in [0.2, 0.25) is 5.02 Å². The molecule has 0 radical (unpaired) electrons. The number of nitrogens with one attached hydrogen (secondary N) is 1. The molecule has 1 N–H and O–H groups in total. The number of amides is 1. The Morgan fingerprint density at radius 3 is 2.55 bits per heavy atom. The summed E-state index contributed by atoms with van der Waals surface area (Å²) in [6.45, 7) is 4.80. The van der Waals surface area contributed by atoms with Crippen molar-refractivity contribution < 1.29 is 13.2 Å². The first-order valence-corrected chi connectivity index (χ1v) is 13.6. The fourth-order valence-electron chi connectivity index (χ4n) is 3.86. The van der Waals surface area contributed by atoms with Crippen LogP contribution in [-0.2, 0) is 16.6 Å². The number of rotatable bonds is 9. The van der Waals surface area contributed by atoms with Crippen LogP contribution in [-0.4, -0.2) is 31.6 Å². The summed E-state index contributed by atoms with van der Waals surface area (Å²) in [5.41, 5.74) is 1.29. The predicted octanol–water partition coefficient (Wildman–Crippen LogP) is 5.16. The Morgan fingerprint density at radius 1 is 1.23 bits per heavy atom. The minimum Gasteiger partial charge on any atom is -0.344 e. The van der Waals surface area contributed by atoms with E-state index in [1.807, 2.05) is 24.3 Å². The maximum Gasteiger partial charge on any atom is 0.284 e. The molecule has 9 heteroatoms. The van der Waals surface area contributed by atoms with Gasteiger partial charge in [0.1, 0.15) is 5.69 Å². The van der Waals surface area contributed by atoms with Gasteiger partial charge >= 0.3 is 0 Å². The summed E-state index contributed by atoms with van der Waals surface area (Å²) in [6, 6.07) is 7.74. The zero-order chi connectivity index (χ0) is 22.4. The number of carbonyl (C=O) groups is 1. The van der Waals surface area contributed by atoms with Crippen molar-refractivity contribution in [2.75, 3.05) is 17.2 Å². The maximum absolute atomic E-state index is 12.5. The van der Waals surface area contributed by atoms with Gasteiger partial charge in [-0.2, -0.15) is 0 Å². The number of halogens is 1. The van der Waals surface area contributed by atoms with Crippen LogP contribution in [0.3, 0.4) is 0 Å². The van der Waals surface area contributed by atoms with Gasteiger partial charge in [0.2, 0.25) is 10.0 Å². The predicted molar refractivity (Wildman–Crippen MR) is 127 cm³/mol. The van der Waals surface area contributed by atoms with E-state index in [9.17, 15) is 13.2 Å². The van der Waals surface area contributed by atoms with Gasteiger partial charge in [0.25, 0.3) is 5.91 Å². The molecule has 0 spiro atoms. The Morgan fingerprint density at radius 2 is 1.90 bits per heavy atom. The topological polar surface area (TPSA) is 79.4 Å². The SMILES string of the molecule is CCS(=O)(=O)NC(=O)c1nc(N(CCC2CCCCC2)Cc2ccc(Cl)cc2)sc1C. The first kappa shape index (κ1) is 24.0. The van der Waals surface area contributed by atoms with Gasteiger partial charge in [-0.1, -0.05) is 55.8 Å². The van der Waals surface area contributed by atoms with Crippen molar-refractivity contribution in [3.63, 3.8) is 0 Å². The zero-order valence-electron chi connectivity index (χ0n) is 18.1. The van der Waals surface area contributed by atoms with Crippen molar-refractivity contribution >= 4 is 44.0 Å². The number of nitrogens with zero attached hydrogens (tertiary/aromatic N) is 2. The lowest BCUT2D eigenvalue weighted by atomic mass is 9.87. The lowest BCUT2D eigenvalue weighted by Crippen LogP contribution is -2.32. The molecule has 1 aliphatic carbocycles. The van der Waals surface area contributed by atoms with Crippen molar-refractivity contribution in [3.8, 4) is 0 Å². The molecule has 1 amide bonds. The van der Waals surface area contributed by atoms with Crippen molar-refractivity contribution in [3.05, 3.63) is 45.4 Å². The molecule has 0 bridgehead atoms. The first-order chi connectivity index (χ1) is 14.8. The van der Waals surface area contributed by atoms with E-state index in [-0.39, 0.29) is 11.4 Å². The van der Waals surface area contributed by atoms with Gasteiger partial charge in [0, 0.05) is 23.0 Å². The van der Waals surface area contributed by atoms with E-state index < -0.39 is 15.9 Å². The summed E-state index contributed by atoms with van der Waals surface area (Å²) < 4.78 is 25.7. The van der Waals surface area contributed by atoms with E-state index in [0.29, 0.717) is 16.4 Å². The second-order valence-corrected chi connectivity index (χ2v) is 11.7. The highest BCUT2D eigenvalue weighted by atomic mass is 35.5. The van der Waals surface area contributed by atoms with E-state index >= 15 is 0 Å². The lowest BCUT2D eigenvalue weighted by Gasteiger charge is -2.27. The molecule has 1 heterocycles. The second kappa shape index (κ2) is 10.8. The number of hydrogen-bond donors (Lipinski definition) is 1. The normalized spacial score (nSPS) is 15.1. The third-order valence-electron chi connectivity index (χ3n) is 5.72. The van der Waals surface area contributed by atoms with Crippen LogP contribution in [0.5, 0.6) is 0 Å². The van der Waals surface area contributed by atoms with Crippen molar-refractivity contribution in [2.45, 2.75) is 58.9 Å². The van der Waals surface area contributed by atoms with E-state index in [4.69, 9.17) is 11.6 Å². The van der Waals surface area contributed by atoms with E-state index in [2.05, 4.69) is 14.6 Å². The number of thiazole rings is 1. The number of sulfonamides is 1. The molecule has 0 atom stereocenters. The third-order valence-corrected chi connectivity index (χ3v) is 8.26. The fraction of sp³-hybridized carbons (Fsp3) is 0.545. The van der Waals surface area contributed by atoms with E-state index in [1.54, 1.807) is 6.92 Å². The molecule has 1 fully saturated rings. The van der Waals surface area contributed by atoms with E-state index in [1.165, 1.54) is 50.4 Å². The van der Waals surface area contributed by atoms with Gasteiger partial charge in [-0.05, 0) is 43.9 Å². The van der Waals surface area contributed by atoms with Gasteiger partial charge in [-0.15, -0.1) is 11.3 Å². The minimum atomic E-state index is -3.63. The molecule has 1 saturated carbocycles. The molecule has 6 nitrogen and oxygen atoms in total. The van der Waals surface area contributed by atoms with Crippen molar-refractivity contribution in [2.24, 2.45) is 5.92 Å². The van der Waals surface area contributed by atoms with Crippen LogP contribution in [0.4, 0.5) is 5.13 Å². The van der Waals surface area contributed by atoms with Crippen LogP contribution in [0.1, 0.15) is 66.4 Å². The molecular weight excluding hydrogens is 454 g/mol. The molecular formula is C22H30ClN3O3S2. The minimum absolute atomic E-state index is 0.154. The van der Waals surface area contributed by atoms with Gasteiger partial charge in [0.15, 0.2) is 5.13 Å². The summed E-state index contributed by atoms with van der Waals surface area (Å²) in [5, 5.41) is 1.43. The Kier molecular flexibility index (Phi) is 8.36. The molecule has 1 aliphatic rings. The van der Waals surface area contributed by atoms with Gasteiger partial charge in [-0.3, -0.25) is 4.79 Å².